The average molecular weight is 368 g/mol. The van der Waals surface area contributed by atoms with Gasteiger partial charge in [-0.1, -0.05) is 32.0 Å². The quantitative estimate of drug-likeness (QED) is 0.786. The van der Waals surface area contributed by atoms with E-state index in [2.05, 4.69) is 40.4 Å². The van der Waals surface area contributed by atoms with Crippen molar-refractivity contribution < 1.29 is 9.53 Å². The first kappa shape index (κ1) is 19.3. The van der Waals surface area contributed by atoms with Crippen LogP contribution in [0.15, 0.2) is 42.6 Å². The summed E-state index contributed by atoms with van der Waals surface area (Å²) >= 11 is 0. The monoisotopic (exact) mass is 368 g/mol. The third kappa shape index (κ3) is 5.52. The first-order valence-electron chi connectivity index (χ1n) is 9.54. The number of ether oxygens (including phenoxy) is 1. The van der Waals surface area contributed by atoms with E-state index >= 15 is 0 Å². The fourth-order valence-corrected chi connectivity index (χ4v) is 3.11. The summed E-state index contributed by atoms with van der Waals surface area (Å²) in [6.07, 6.45) is 1.62. The Morgan fingerprint density at radius 1 is 1.19 bits per heavy atom. The number of hydrogen-bond acceptors (Lipinski definition) is 5. The Bertz CT molecular complexity index is 740. The molecule has 1 aliphatic heterocycles. The highest BCUT2D eigenvalue weighted by Crippen LogP contribution is 2.26. The molecule has 6 heteroatoms. The molecular weight excluding hydrogens is 340 g/mol. The molecule has 1 fully saturated rings. The van der Waals surface area contributed by atoms with Gasteiger partial charge in [-0.2, -0.15) is 0 Å². The number of aromatic nitrogens is 1. The van der Waals surface area contributed by atoms with Crippen LogP contribution in [0.2, 0.25) is 0 Å². The molecule has 144 valence electrons. The van der Waals surface area contributed by atoms with Crippen LogP contribution in [0.5, 0.6) is 0 Å². The maximum absolute atomic E-state index is 12.3. The van der Waals surface area contributed by atoms with E-state index in [1.807, 2.05) is 24.3 Å². The minimum absolute atomic E-state index is 0.0927. The topological polar surface area (TPSA) is 66.5 Å². The first-order valence-corrected chi connectivity index (χ1v) is 9.54. The maximum Gasteiger partial charge on any atom is 0.252 e. The van der Waals surface area contributed by atoms with Crippen LogP contribution < -0.4 is 10.6 Å². The van der Waals surface area contributed by atoms with Crippen LogP contribution in [0.3, 0.4) is 0 Å². The van der Waals surface area contributed by atoms with Gasteiger partial charge >= 0.3 is 0 Å². The highest BCUT2D eigenvalue weighted by molar-refractivity contribution is 5.94. The van der Waals surface area contributed by atoms with Crippen LogP contribution >= 0.6 is 0 Å². The summed E-state index contributed by atoms with van der Waals surface area (Å²) in [6.45, 7) is 9.19. The van der Waals surface area contributed by atoms with E-state index < -0.39 is 0 Å². The largest absolute Gasteiger partial charge is 0.379 e. The number of anilines is 2. The molecule has 0 unspecified atom stereocenters. The molecule has 0 saturated carbocycles. The van der Waals surface area contributed by atoms with Crippen LogP contribution in [-0.2, 0) is 4.74 Å². The molecule has 27 heavy (non-hydrogen) atoms. The average Bonchev–Trinajstić information content (AvgIpc) is 2.69. The predicted molar refractivity (Wildman–Crippen MR) is 108 cm³/mol. The van der Waals surface area contributed by atoms with Crippen LogP contribution in [0.4, 0.5) is 11.5 Å². The van der Waals surface area contributed by atoms with Crippen molar-refractivity contribution >= 4 is 17.4 Å². The molecule has 3 rings (SSSR count). The molecule has 2 N–H and O–H groups in total. The van der Waals surface area contributed by atoms with Crippen molar-refractivity contribution in [3.63, 3.8) is 0 Å². The van der Waals surface area contributed by atoms with E-state index in [0.717, 1.165) is 44.4 Å². The van der Waals surface area contributed by atoms with Crippen molar-refractivity contribution in [1.29, 1.82) is 0 Å². The lowest BCUT2D eigenvalue weighted by Gasteiger charge is -2.26. The number of benzene rings is 1. The number of amides is 1. The molecule has 6 nitrogen and oxygen atoms in total. The number of nitrogens with one attached hydrogen (secondary N) is 2. The Morgan fingerprint density at radius 2 is 1.96 bits per heavy atom. The van der Waals surface area contributed by atoms with Gasteiger partial charge in [0.15, 0.2) is 0 Å². The Hall–Kier alpha value is -2.44. The smallest absolute Gasteiger partial charge is 0.252 e. The van der Waals surface area contributed by atoms with Crippen molar-refractivity contribution in [3.8, 4) is 0 Å². The second kappa shape index (κ2) is 9.48. The number of pyridine rings is 1. The fourth-order valence-electron chi connectivity index (χ4n) is 3.11. The second-order valence-corrected chi connectivity index (χ2v) is 7.01. The predicted octanol–water partition coefficient (Wildman–Crippen LogP) is 3.01. The van der Waals surface area contributed by atoms with Gasteiger partial charge in [0.05, 0.1) is 18.8 Å². The molecule has 1 saturated heterocycles. The van der Waals surface area contributed by atoms with E-state index in [1.54, 1.807) is 12.3 Å². The molecular formula is C21H28N4O2. The summed E-state index contributed by atoms with van der Waals surface area (Å²) < 4.78 is 5.33. The van der Waals surface area contributed by atoms with E-state index in [9.17, 15) is 4.79 Å². The standard InChI is InChI=1S/C21H28N4O2/c1-16(2)18-5-3-4-6-19(18)24-20-8-7-17(15-23-20)21(26)22-9-10-25-11-13-27-14-12-25/h3-8,15-16H,9-14H2,1-2H3,(H,22,26)(H,23,24). The van der Waals surface area contributed by atoms with Crippen LogP contribution in [-0.4, -0.2) is 55.2 Å². The molecule has 0 bridgehead atoms. The van der Waals surface area contributed by atoms with Gasteiger partial charge in [0.2, 0.25) is 0 Å². The first-order chi connectivity index (χ1) is 13.1. The normalized spacial score (nSPS) is 14.9. The van der Waals surface area contributed by atoms with E-state index in [4.69, 9.17) is 4.74 Å². The van der Waals surface area contributed by atoms with Crippen molar-refractivity contribution in [2.45, 2.75) is 19.8 Å². The van der Waals surface area contributed by atoms with Crippen molar-refractivity contribution in [3.05, 3.63) is 53.7 Å². The van der Waals surface area contributed by atoms with Gasteiger partial charge < -0.3 is 15.4 Å². The molecule has 2 heterocycles. The molecule has 2 aromatic rings. The lowest BCUT2D eigenvalue weighted by Crippen LogP contribution is -2.41. The summed E-state index contributed by atoms with van der Waals surface area (Å²) in [5, 5.41) is 6.30. The Morgan fingerprint density at radius 3 is 2.67 bits per heavy atom. The van der Waals surface area contributed by atoms with Crippen molar-refractivity contribution in [1.82, 2.24) is 15.2 Å². The highest BCUT2D eigenvalue weighted by Gasteiger charge is 2.11. The lowest BCUT2D eigenvalue weighted by molar-refractivity contribution is 0.0383. The highest BCUT2D eigenvalue weighted by atomic mass is 16.5. The summed E-state index contributed by atoms with van der Waals surface area (Å²) in [6, 6.07) is 11.8. The molecule has 0 atom stereocenters. The third-order valence-corrected chi connectivity index (χ3v) is 4.69. The maximum atomic E-state index is 12.3. The second-order valence-electron chi connectivity index (χ2n) is 7.01. The van der Waals surface area contributed by atoms with Crippen LogP contribution in [0.1, 0.15) is 35.7 Å². The molecule has 1 aliphatic rings. The molecule has 0 radical (unpaired) electrons. The molecule has 1 aromatic heterocycles. The van der Waals surface area contributed by atoms with Gasteiger partial charge in [-0.25, -0.2) is 4.98 Å². The number of rotatable bonds is 7. The van der Waals surface area contributed by atoms with Gasteiger partial charge in [0.1, 0.15) is 5.82 Å². The number of carbonyl (C=O) groups excluding carboxylic acids is 1. The van der Waals surface area contributed by atoms with Crippen molar-refractivity contribution in [2.75, 3.05) is 44.7 Å². The fraction of sp³-hybridized carbons (Fsp3) is 0.429. The number of nitrogens with zero attached hydrogens (tertiary/aromatic N) is 2. The van der Waals surface area contributed by atoms with Gasteiger partial charge in [-0.15, -0.1) is 0 Å². The zero-order valence-electron chi connectivity index (χ0n) is 16.1. The lowest BCUT2D eigenvalue weighted by atomic mass is 10.0. The summed E-state index contributed by atoms with van der Waals surface area (Å²) in [4.78, 5) is 19.0. The summed E-state index contributed by atoms with van der Waals surface area (Å²) in [5.74, 6) is 1.06. The molecule has 0 aliphatic carbocycles. The SMILES string of the molecule is CC(C)c1ccccc1Nc1ccc(C(=O)NCCN2CCOCC2)cn1. The Labute approximate surface area is 160 Å². The van der Waals surface area contributed by atoms with E-state index in [-0.39, 0.29) is 5.91 Å². The van der Waals surface area contributed by atoms with E-state index in [0.29, 0.717) is 18.0 Å². The molecule has 1 amide bonds. The Balaban J connectivity index is 1.53. The van der Waals surface area contributed by atoms with Crippen LogP contribution in [0.25, 0.3) is 0 Å². The van der Waals surface area contributed by atoms with Crippen molar-refractivity contribution in [2.24, 2.45) is 0 Å². The Kier molecular flexibility index (Phi) is 6.79. The third-order valence-electron chi connectivity index (χ3n) is 4.69. The number of morpholine rings is 1. The van der Waals surface area contributed by atoms with Gasteiger partial charge in [0, 0.05) is 38.1 Å². The number of para-hydroxylation sites is 1. The number of hydrogen-bond donors (Lipinski definition) is 2. The zero-order chi connectivity index (χ0) is 19.1. The number of carbonyl (C=O) groups is 1. The molecule has 0 spiro atoms. The van der Waals surface area contributed by atoms with Crippen LogP contribution in [0, 0.1) is 0 Å². The minimum Gasteiger partial charge on any atom is -0.379 e. The van der Waals surface area contributed by atoms with Gasteiger partial charge in [-0.3, -0.25) is 9.69 Å². The summed E-state index contributed by atoms with van der Waals surface area (Å²) in [7, 11) is 0. The van der Waals surface area contributed by atoms with E-state index in [1.165, 1.54) is 5.56 Å². The molecule has 1 aromatic carbocycles. The summed E-state index contributed by atoms with van der Waals surface area (Å²) in [5.41, 5.74) is 2.85. The minimum atomic E-state index is -0.0927. The van der Waals surface area contributed by atoms with Gasteiger partial charge in [-0.05, 0) is 29.7 Å². The van der Waals surface area contributed by atoms with Gasteiger partial charge in [0.25, 0.3) is 5.91 Å². The zero-order valence-corrected chi connectivity index (χ0v) is 16.1.